The van der Waals surface area contributed by atoms with E-state index in [2.05, 4.69) is 11.9 Å². The molecule has 0 spiro atoms. The number of amides is 1. The minimum Gasteiger partial charge on any atom is -0.448 e. The highest BCUT2D eigenvalue weighted by Gasteiger charge is 2.22. The predicted octanol–water partition coefficient (Wildman–Crippen LogP) is 2.40. The lowest BCUT2D eigenvalue weighted by atomic mass is 10.0. The topological polar surface area (TPSA) is 68.3 Å². The largest absolute Gasteiger partial charge is 0.448 e. The highest BCUT2D eigenvalue weighted by Crippen LogP contribution is 2.24. The summed E-state index contributed by atoms with van der Waals surface area (Å²) in [6.07, 6.45) is 3.61. The number of carbonyl (C=O) groups excluding carboxylic acids is 1. The predicted molar refractivity (Wildman–Crippen MR) is 90.8 cm³/mol. The Hall–Kier alpha value is -2.63. The standard InChI is InChI=1S/C18H19N3O3/c1-12-5-4-8-20(9-12)15(22)10-21-11-19-16-13-6-2-3-7-14(13)24-17(16)18(21)23/h2-3,6-7,11-12H,4-5,8-10H2,1H3. The first kappa shape index (κ1) is 14.9. The third kappa shape index (κ3) is 2.48. The number of hydrogen-bond acceptors (Lipinski definition) is 4. The Labute approximate surface area is 138 Å². The van der Waals surface area contributed by atoms with E-state index >= 15 is 0 Å². The van der Waals surface area contributed by atoms with Gasteiger partial charge in [-0.05, 0) is 30.9 Å². The third-order valence-electron chi connectivity index (χ3n) is 4.67. The maximum Gasteiger partial charge on any atom is 0.297 e. The number of nitrogens with zero attached hydrogens (tertiary/aromatic N) is 3. The SMILES string of the molecule is CC1CCCN(C(=O)Cn2cnc3c(oc4ccccc43)c2=O)C1. The maximum atomic E-state index is 12.6. The molecule has 1 amide bonds. The molecular weight excluding hydrogens is 306 g/mol. The molecule has 124 valence electrons. The fourth-order valence-electron chi connectivity index (χ4n) is 3.39. The molecule has 3 aromatic rings. The Kier molecular flexibility index (Phi) is 3.59. The summed E-state index contributed by atoms with van der Waals surface area (Å²) in [6, 6.07) is 7.41. The molecule has 1 aromatic carbocycles. The summed E-state index contributed by atoms with van der Waals surface area (Å²) in [5, 5.41) is 0.813. The number of rotatable bonds is 2. The molecule has 6 heteroatoms. The molecule has 4 rings (SSSR count). The zero-order valence-corrected chi connectivity index (χ0v) is 13.6. The average molecular weight is 325 g/mol. The first-order chi connectivity index (χ1) is 11.6. The molecule has 0 N–H and O–H groups in total. The quantitative estimate of drug-likeness (QED) is 0.725. The first-order valence-corrected chi connectivity index (χ1v) is 8.28. The van der Waals surface area contributed by atoms with Crippen LogP contribution >= 0.6 is 0 Å². The molecule has 1 saturated heterocycles. The van der Waals surface area contributed by atoms with Gasteiger partial charge >= 0.3 is 0 Å². The van der Waals surface area contributed by atoms with Crippen LogP contribution in [0, 0.1) is 5.92 Å². The molecule has 1 aliphatic heterocycles. The Morgan fingerprint density at radius 3 is 3.04 bits per heavy atom. The number of piperidine rings is 1. The van der Waals surface area contributed by atoms with Crippen LogP contribution in [0.1, 0.15) is 19.8 Å². The number of benzene rings is 1. The summed E-state index contributed by atoms with van der Waals surface area (Å²) in [7, 11) is 0. The van der Waals surface area contributed by atoms with Crippen molar-refractivity contribution in [3.63, 3.8) is 0 Å². The van der Waals surface area contributed by atoms with Crippen molar-refractivity contribution in [2.45, 2.75) is 26.3 Å². The van der Waals surface area contributed by atoms with Crippen molar-refractivity contribution in [1.29, 1.82) is 0 Å². The van der Waals surface area contributed by atoms with Gasteiger partial charge in [0.05, 0.1) is 6.33 Å². The van der Waals surface area contributed by atoms with Gasteiger partial charge in [-0.2, -0.15) is 0 Å². The van der Waals surface area contributed by atoms with Gasteiger partial charge in [0, 0.05) is 18.5 Å². The van der Waals surface area contributed by atoms with Gasteiger partial charge in [0.15, 0.2) is 0 Å². The molecule has 0 bridgehead atoms. The van der Waals surface area contributed by atoms with Gasteiger partial charge in [0.2, 0.25) is 11.5 Å². The van der Waals surface area contributed by atoms with Gasteiger partial charge < -0.3 is 9.32 Å². The van der Waals surface area contributed by atoms with Crippen LogP contribution in [-0.4, -0.2) is 33.4 Å². The van der Waals surface area contributed by atoms with Crippen LogP contribution in [0.15, 0.2) is 39.8 Å². The van der Waals surface area contributed by atoms with Crippen molar-refractivity contribution in [3.05, 3.63) is 40.9 Å². The molecule has 1 atom stereocenters. The summed E-state index contributed by atoms with van der Waals surface area (Å²) in [5.74, 6) is 0.469. The normalized spacial score (nSPS) is 18.4. The Balaban J connectivity index is 1.67. The zero-order chi connectivity index (χ0) is 16.7. The lowest BCUT2D eigenvalue weighted by Gasteiger charge is -2.31. The summed E-state index contributed by atoms with van der Waals surface area (Å²) < 4.78 is 6.99. The van der Waals surface area contributed by atoms with Crippen LogP contribution < -0.4 is 5.56 Å². The minimum atomic E-state index is -0.311. The number of fused-ring (bicyclic) bond motifs is 3. The van der Waals surface area contributed by atoms with Crippen LogP contribution in [0.2, 0.25) is 0 Å². The van der Waals surface area contributed by atoms with E-state index in [1.165, 1.54) is 10.9 Å². The van der Waals surface area contributed by atoms with Crippen molar-refractivity contribution in [3.8, 4) is 0 Å². The lowest BCUT2D eigenvalue weighted by molar-refractivity contribution is -0.133. The fraction of sp³-hybridized carbons (Fsp3) is 0.389. The van der Waals surface area contributed by atoms with Crippen LogP contribution in [0.5, 0.6) is 0 Å². The first-order valence-electron chi connectivity index (χ1n) is 8.28. The fourth-order valence-corrected chi connectivity index (χ4v) is 3.39. The molecule has 2 aromatic heterocycles. The van der Waals surface area contributed by atoms with Crippen LogP contribution in [0.25, 0.3) is 22.1 Å². The van der Waals surface area contributed by atoms with Gasteiger partial charge in [0.1, 0.15) is 17.6 Å². The Bertz CT molecular complexity index is 972. The second-order valence-corrected chi connectivity index (χ2v) is 6.54. The van der Waals surface area contributed by atoms with Crippen LogP contribution in [0.4, 0.5) is 0 Å². The molecule has 0 radical (unpaired) electrons. The minimum absolute atomic E-state index is 0.00549. The van der Waals surface area contributed by atoms with E-state index in [1.54, 1.807) is 6.07 Å². The molecule has 1 fully saturated rings. The number of carbonyl (C=O) groups is 1. The van der Waals surface area contributed by atoms with Gasteiger partial charge in [-0.3, -0.25) is 14.2 Å². The number of furan rings is 1. The molecule has 6 nitrogen and oxygen atoms in total. The summed E-state index contributed by atoms with van der Waals surface area (Å²) in [4.78, 5) is 31.3. The van der Waals surface area contributed by atoms with E-state index in [0.29, 0.717) is 17.0 Å². The Morgan fingerprint density at radius 1 is 1.38 bits per heavy atom. The second-order valence-electron chi connectivity index (χ2n) is 6.54. The van der Waals surface area contributed by atoms with Crippen molar-refractivity contribution >= 4 is 28.0 Å². The summed E-state index contributed by atoms with van der Waals surface area (Å²) in [5.41, 5.74) is 1.07. The average Bonchev–Trinajstić information content (AvgIpc) is 2.97. The molecule has 1 unspecified atom stereocenters. The summed E-state index contributed by atoms with van der Waals surface area (Å²) in [6.45, 7) is 3.67. The van der Waals surface area contributed by atoms with Crippen molar-refractivity contribution in [1.82, 2.24) is 14.5 Å². The van der Waals surface area contributed by atoms with Gasteiger partial charge in [-0.1, -0.05) is 19.1 Å². The molecule has 0 aliphatic carbocycles. The smallest absolute Gasteiger partial charge is 0.297 e. The van der Waals surface area contributed by atoms with Crippen LogP contribution in [0.3, 0.4) is 0 Å². The van der Waals surface area contributed by atoms with E-state index in [0.717, 1.165) is 31.3 Å². The summed E-state index contributed by atoms with van der Waals surface area (Å²) >= 11 is 0. The van der Waals surface area contributed by atoms with Crippen LogP contribution in [-0.2, 0) is 11.3 Å². The molecule has 0 saturated carbocycles. The molecule has 1 aliphatic rings. The lowest BCUT2D eigenvalue weighted by Crippen LogP contribution is -2.42. The third-order valence-corrected chi connectivity index (χ3v) is 4.67. The second kappa shape index (κ2) is 5.78. The number of hydrogen-bond donors (Lipinski definition) is 0. The Morgan fingerprint density at radius 2 is 2.21 bits per heavy atom. The van der Waals surface area contributed by atoms with Gasteiger partial charge in [0.25, 0.3) is 5.56 Å². The van der Waals surface area contributed by atoms with Gasteiger partial charge in [-0.25, -0.2) is 4.98 Å². The van der Waals surface area contributed by atoms with E-state index < -0.39 is 0 Å². The monoisotopic (exact) mass is 325 g/mol. The van der Waals surface area contributed by atoms with Gasteiger partial charge in [-0.15, -0.1) is 0 Å². The van der Waals surface area contributed by atoms with E-state index in [4.69, 9.17) is 4.42 Å². The number of likely N-dealkylation sites (tertiary alicyclic amines) is 1. The molecule has 24 heavy (non-hydrogen) atoms. The number of para-hydroxylation sites is 1. The highest BCUT2D eigenvalue weighted by molar-refractivity contribution is 6.01. The highest BCUT2D eigenvalue weighted by atomic mass is 16.3. The van der Waals surface area contributed by atoms with E-state index in [-0.39, 0.29) is 23.6 Å². The number of aromatic nitrogens is 2. The zero-order valence-electron chi connectivity index (χ0n) is 13.6. The molecule has 3 heterocycles. The molecular formula is C18H19N3O3. The maximum absolute atomic E-state index is 12.6. The van der Waals surface area contributed by atoms with Crippen molar-refractivity contribution in [2.75, 3.05) is 13.1 Å². The van der Waals surface area contributed by atoms with E-state index in [9.17, 15) is 9.59 Å². The van der Waals surface area contributed by atoms with E-state index in [1.807, 2.05) is 23.1 Å². The van der Waals surface area contributed by atoms with Crippen molar-refractivity contribution < 1.29 is 9.21 Å². The van der Waals surface area contributed by atoms with Crippen molar-refractivity contribution in [2.24, 2.45) is 5.92 Å².